The normalized spacial score (nSPS) is 21.5. The topological polar surface area (TPSA) is 12.0 Å². The van der Waals surface area contributed by atoms with Gasteiger partial charge in [0, 0.05) is 13.0 Å². The molecule has 1 rings (SSSR count). The van der Waals surface area contributed by atoms with Gasteiger partial charge in [-0.25, -0.2) is 0 Å². The molecule has 1 fully saturated rings. The maximum absolute atomic E-state index is 5.15. The summed E-state index contributed by atoms with van der Waals surface area (Å²) in [6.45, 7) is 2.25. The van der Waals surface area contributed by atoms with Crippen LogP contribution in [0.25, 0.3) is 0 Å². The molecule has 1 nitrogen and oxygen atoms in total. The van der Waals surface area contributed by atoms with Crippen LogP contribution in [0.2, 0.25) is 0 Å². The molecular formula is C10H15N. The van der Waals surface area contributed by atoms with E-state index in [0.717, 1.165) is 19.4 Å². The van der Waals surface area contributed by atoms with E-state index in [0.29, 0.717) is 0 Å². The molecule has 0 aromatic carbocycles. The van der Waals surface area contributed by atoms with E-state index >= 15 is 0 Å². The Morgan fingerprint density at radius 2 is 2.55 bits per heavy atom. The molecule has 0 saturated carbocycles. The molecule has 0 atom stereocenters. The Kier molecular flexibility index (Phi) is 3.79. The number of rotatable bonds is 2. The highest BCUT2D eigenvalue weighted by atomic mass is 14.9. The molecule has 0 radical (unpaired) electrons. The van der Waals surface area contributed by atoms with Crippen molar-refractivity contribution in [2.75, 3.05) is 13.1 Å². The third-order valence-electron chi connectivity index (χ3n) is 1.93. The fourth-order valence-electron chi connectivity index (χ4n) is 1.31. The van der Waals surface area contributed by atoms with Crippen LogP contribution in [0.15, 0.2) is 11.6 Å². The lowest BCUT2D eigenvalue weighted by atomic mass is 10.1. The number of terminal acetylenes is 1. The summed E-state index contributed by atoms with van der Waals surface area (Å²) >= 11 is 0. The lowest BCUT2D eigenvalue weighted by molar-refractivity contribution is 0.607. The zero-order valence-corrected chi connectivity index (χ0v) is 6.90. The molecule has 1 heteroatoms. The highest BCUT2D eigenvalue weighted by molar-refractivity contribution is 5.07. The lowest BCUT2D eigenvalue weighted by Crippen LogP contribution is -2.23. The van der Waals surface area contributed by atoms with Crippen molar-refractivity contribution in [1.29, 1.82) is 0 Å². The predicted molar refractivity (Wildman–Crippen MR) is 48.3 cm³/mol. The Morgan fingerprint density at radius 1 is 1.64 bits per heavy atom. The zero-order valence-electron chi connectivity index (χ0n) is 6.90. The third-order valence-corrected chi connectivity index (χ3v) is 1.93. The van der Waals surface area contributed by atoms with E-state index in [2.05, 4.69) is 17.3 Å². The predicted octanol–water partition coefficient (Wildman–Crippen LogP) is 1.71. The molecule has 1 aliphatic heterocycles. The summed E-state index contributed by atoms with van der Waals surface area (Å²) in [6, 6.07) is 0. The van der Waals surface area contributed by atoms with Gasteiger partial charge in [-0.3, -0.25) is 0 Å². The maximum Gasteiger partial charge on any atom is 0.0164 e. The van der Waals surface area contributed by atoms with Crippen LogP contribution >= 0.6 is 0 Å². The van der Waals surface area contributed by atoms with Gasteiger partial charge < -0.3 is 5.32 Å². The summed E-state index contributed by atoms with van der Waals surface area (Å²) in [7, 11) is 0. The van der Waals surface area contributed by atoms with Gasteiger partial charge in [-0.2, -0.15) is 0 Å². The van der Waals surface area contributed by atoms with Crippen LogP contribution in [-0.4, -0.2) is 13.1 Å². The Morgan fingerprint density at radius 3 is 3.18 bits per heavy atom. The summed E-state index contributed by atoms with van der Waals surface area (Å²) in [4.78, 5) is 0. The third kappa shape index (κ3) is 3.25. The van der Waals surface area contributed by atoms with Crippen molar-refractivity contribution in [1.82, 2.24) is 5.32 Å². The molecule has 0 amide bonds. The van der Waals surface area contributed by atoms with Crippen LogP contribution < -0.4 is 5.32 Å². The van der Waals surface area contributed by atoms with Crippen LogP contribution in [0, 0.1) is 12.3 Å². The summed E-state index contributed by atoms with van der Waals surface area (Å²) in [5, 5.41) is 3.34. The number of piperidine rings is 1. The van der Waals surface area contributed by atoms with Crippen molar-refractivity contribution >= 4 is 0 Å². The van der Waals surface area contributed by atoms with Crippen LogP contribution in [0.3, 0.4) is 0 Å². The second-order valence-electron chi connectivity index (χ2n) is 2.89. The van der Waals surface area contributed by atoms with Gasteiger partial charge in [-0.05, 0) is 25.8 Å². The molecule has 1 heterocycles. The van der Waals surface area contributed by atoms with E-state index in [1.54, 1.807) is 0 Å². The van der Waals surface area contributed by atoms with Gasteiger partial charge in [-0.15, -0.1) is 12.3 Å². The van der Waals surface area contributed by atoms with Crippen molar-refractivity contribution in [2.45, 2.75) is 25.7 Å². The quantitative estimate of drug-likeness (QED) is 0.358. The van der Waals surface area contributed by atoms with Crippen LogP contribution in [-0.2, 0) is 0 Å². The van der Waals surface area contributed by atoms with Crippen molar-refractivity contribution in [3.05, 3.63) is 11.6 Å². The SMILES string of the molecule is C#CCC/C=C1/CCCNC1. The molecule has 0 aromatic heterocycles. The second-order valence-corrected chi connectivity index (χ2v) is 2.89. The number of nitrogens with one attached hydrogen (secondary N) is 1. The minimum absolute atomic E-state index is 0.878. The molecule has 1 saturated heterocycles. The van der Waals surface area contributed by atoms with Gasteiger partial charge in [0.05, 0.1) is 0 Å². The first-order chi connectivity index (χ1) is 5.43. The van der Waals surface area contributed by atoms with Crippen molar-refractivity contribution in [3.8, 4) is 12.3 Å². The molecular weight excluding hydrogens is 134 g/mol. The Labute approximate surface area is 68.9 Å². The van der Waals surface area contributed by atoms with Crippen molar-refractivity contribution in [3.63, 3.8) is 0 Å². The van der Waals surface area contributed by atoms with Crippen LogP contribution in [0.4, 0.5) is 0 Å². The highest BCUT2D eigenvalue weighted by Crippen LogP contribution is 2.09. The first-order valence-electron chi connectivity index (χ1n) is 4.25. The molecule has 0 aliphatic carbocycles. The summed E-state index contributed by atoms with van der Waals surface area (Å²) < 4.78 is 0. The Balaban J connectivity index is 2.22. The fourth-order valence-corrected chi connectivity index (χ4v) is 1.31. The van der Waals surface area contributed by atoms with Gasteiger partial charge in [0.15, 0.2) is 0 Å². The van der Waals surface area contributed by atoms with Crippen LogP contribution in [0.1, 0.15) is 25.7 Å². The largest absolute Gasteiger partial charge is 0.313 e. The first kappa shape index (κ1) is 8.36. The van der Waals surface area contributed by atoms with Gasteiger partial charge in [0.25, 0.3) is 0 Å². The van der Waals surface area contributed by atoms with E-state index in [4.69, 9.17) is 6.42 Å². The smallest absolute Gasteiger partial charge is 0.0164 e. The van der Waals surface area contributed by atoms with E-state index < -0.39 is 0 Å². The standard InChI is InChI=1S/C10H15N/c1-2-3-4-6-10-7-5-8-11-9-10/h1,6,11H,3-5,7-9H2/b10-6-. The van der Waals surface area contributed by atoms with Gasteiger partial charge in [0.1, 0.15) is 0 Å². The fraction of sp³-hybridized carbons (Fsp3) is 0.600. The summed E-state index contributed by atoms with van der Waals surface area (Å²) in [6.07, 6.45) is 11.9. The van der Waals surface area contributed by atoms with Crippen molar-refractivity contribution < 1.29 is 0 Å². The molecule has 60 valence electrons. The van der Waals surface area contributed by atoms with E-state index in [9.17, 15) is 0 Å². The zero-order chi connectivity index (χ0) is 7.94. The van der Waals surface area contributed by atoms with Gasteiger partial charge in [-0.1, -0.05) is 11.6 Å². The van der Waals surface area contributed by atoms with Crippen molar-refractivity contribution in [2.24, 2.45) is 0 Å². The Hall–Kier alpha value is -0.740. The van der Waals surface area contributed by atoms with E-state index in [1.165, 1.54) is 25.0 Å². The minimum Gasteiger partial charge on any atom is -0.313 e. The second kappa shape index (κ2) is 4.98. The van der Waals surface area contributed by atoms with Gasteiger partial charge >= 0.3 is 0 Å². The minimum atomic E-state index is 0.878. The van der Waals surface area contributed by atoms with E-state index in [-0.39, 0.29) is 0 Å². The molecule has 11 heavy (non-hydrogen) atoms. The number of allylic oxidation sites excluding steroid dienone is 1. The van der Waals surface area contributed by atoms with Gasteiger partial charge in [0.2, 0.25) is 0 Å². The Bertz CT molecular complexity index is 166. The molecule has 1 aliphatic rings. The summed E-state index contributed by atoms with van der Waals surface area (Å²) in [5.74, 6) is 2.64. The molecule has 0 bridgehead atoms. The first-order valence-corrected chi connectivity index (χ1v) is 4.25. The number of unbranched alkanes of at least 4 members (excludes halogenated alkanes) is 1. The molecule has 0 aromatic rings. The molecule has 0 unspecified atom stereocenters. The average molecular weight is 149 g/mol. The molecule has 0 spiro atoms. The monoisotopic (exact) mass is 149 g/mol. The maximum atomic E-state index is 5.15. The number of hydrogen-bond acceptors (Lipinski definition) is 1. The summed E-state index contributed by atoms with van der Waals surface area (Å²) in [5.41, 5.74) is 1.53. The number of hydrogen-bond donors (Lipinski definition) is 1. The lowest BCUT2D eigenvalue weighted by Gasteiger charge is -2.14. The van der Waals surface area contributed by atoms with Crippen LogP contribution in [0.5, 0.6) is 0 Å². The highest BCUT2D eigenvalue weighted by Gasteiger charge is 2.02. The van der Waals surface area contributed by atoms with E-state index in [1.807, 2.05) is 0 Å². The average Bonchev–Trinajstić information content (AvgIpc) is 2.07. The molecule has 1 N–H and O–H groups in total.